The van der Waals surface area contributed by atoms with E-state index in [4.69, 9.17) is 0 Å². The lowest BCUT2D eigenvalue weighted by Gasteiger charge is -2.03. The lowest BCUT2D eigenvalue weighted by Crippen LogP contribution is -2.30. The molecule has 0 bridgehead atoms. The van der Waals surface area contributed by atoms with E-state index in [1.54, 1.807) is 0 Å². The Morgan fingerprint density at radius 3 is 2.39 bits per heavy atom. The molecule has 5 heteroatoms. The predicted molar refractivity (Wildman–Crippen MR) is 73.4 cm³/mol. The van der Waals surface area contributed by atoms with Crippen molar-refractivity contribution < 1.29 is 0 Å². The van der Waals surface area contributed by atoms with Gasteiger partial charge in [-0.3, -0.25) is 4.79 Å². The maximum absolute atomic E-state index is 12.0. The minimum atomic E-state index is -0.198. The standard InChI is InChI=1S/C13H16N2O2S/c1-10(2)15-12(16)14(18-13(15)17)9-8-11-6-4-3-5-7-11/h3-7,10H,8-9H2,1-2H3. The summed E-state index contributed by atoms with van der Waals surface area (Å²) in [4.78, 5) is 23.5. The SMILES string of the molecule is CC(C)n1c(=O)sn(CCc2ccccc2)c1=O. The van der Waals surface area contributed by atoms with Gasteiger partial charge in [-0.15, -0.1) is 0 Å². The summed E-state index contributed by atoms with van der Waals surface area (Å²) in [5.74, 6) is 0. The van der Waals surface area contributed by atoms with E-state index in [1.165, 1.54) is 14.1 Å². The van der Waals surface area contributed by atoms with Crippen LogP contribution in [0.2, 0.25) is 0 Å². The van der Waals surface area contributed by atoms with Crippen LogP contribution in [0.5, 0.6) is 0 Å². The Morgan fingerprint density at radius 1 is 1.17 bits per heavy atom. The van der Waals surface area contributed by atoms with Gasteiger partial charge in [-0.1, -0.05) is 30.3 Å². The maximum Gasteiger partial charge on any atom is 0.341 e. The van der Waals surface area contributed by atoms with Gasteiger partial charge in [-0.05, 0) is 25.8 Å². The molecule has 0 aliphatic heterocycles. The highest BCUT2D eigenvalue weighted by Crippen LogP contribution is 2.03. The van der Waals surface area contributed by atoms with Crippen molar-refractivity contribution in [2.24, 2.45) is 0 Å². The number of aromatic nitrogens is 2. The Balaban J connectivity index is 2.19. The van der Waals surface area contributed by atoms with E-state index >= 15 is 0 Å². The van der Waals surface area contributed by atoms with Crippen LogP contribution >= 0.6 is 11.5 Å². The van der Waals surface area contributed by atoms with Gasteiger partial charge in [-0.25, -0.2) is 13.3 Å². The molecule has 1 aromatic carbocycles. The molecule has 0 aliphatic carbocycles. The van der Waals surface area contributed by atoms with Gasteiger partial charge < -0.3 is 0 Å². The third kappa shape index (κ3) is 2.61. The summed E-state index contributed by atoms with van der Waals surface area (Å²) >= 11 is 1.00. The third-order valence-corrected chi connectivity index (χ3v) is 3.68. The van der Waals surface area contributed by atoms with Crippen LogP contribution in [0.15, 0.2) is 39.9 Å². The van der Waals surface area contributed by atoms with Gasteiger partial charge in [-0.2, -0.15) is 0 Å². The van der Waals surface area contributed by atoms with Crippen LogP contribution in [0.3, 0.4) is 0 Å². The molecule has 1 aromatic heterocycles. The van der Waals surface area contributed by atoms with Gasteiger partial charge in [0.2, 0.25) is 0 Å². The zero-order valence-electron chi connectivity index (χ0n) is 10.5. The van der Waals surface area contributed by atoms with Gasteiger partial charge in [0.15, 0.2) is 0 Å². The molecule has 0 saturated heterocycles. The van der Waals surface area contributed by atoms with Gasteiger partial charge in [0, 0.05) is 24.1 Å². The number of benzene rings is 1. The second-order valence-electron chi connectivity index (χ2n) is 4.44. The van der Waals surface area contributed by atoms with E-state index in [0.717, 1.165) is 18.0 Å². The van der Waals surface area contributed by atoms with Crippen molar-refractivity contribution in [3.8, 4) is 0 Å². The van der Waals surface area contributed by atoms with E-state index in [2.05, 4.69) is 0 Å². The number of nitrogens with zero attached hydrogens (tertiary/aromatic N) is 2. The van der Waals surface area contributed by atoms with Gasteiger partial charge in [0.25, 0.3) is 0 Å². The normalized spacial score (nSPS) is 11.1. The molecule has 18 heavy (non-hydrogen) atoms. The van der Waals surface area contributed by atoms with Crippen LogP contribution in [0, 0.1) is 0 Å². The molecule has 4 nitrogen and oxygen atoms in total. The Labute approximate surface area is 109 Å². The van der Waals surface area contributed by atoms with Crippen molar-refractivity contribution in [2.45, 2.75) is 32.9 Å². The monoisotopic (exact) mass is 264 g/mol. The summed E-state index contributed by atoms with van der Waals surface area (Å²) in [6.07, 6.45) is 0.763. The molecule has 0 spiro atoms. The average molecular weight is 264 g/mol. The molecule has 2 aromatic rings. The van der Waals surface area contributed by atoms with Crippen molar-refractivity contribution >= 4 is 11.5 Å². The van der Waals surface area contributed by atoms with Crippen LogP contribution in [0.1, 0.15) is 25.5 Å². The van der Waals surface area contributed by atoms with Crippen molar-refractivity contribution in [1.82, 2.24) is 8.52 Å². The fourth-order valence-electron chi connectivity index (χ4n) is 1.82. The largest absolute Gasteiger partial charge is 0.341 e. The van der Waals surface area contributed by atoms with Crippen molar-refractivity contribution in [1.29, 1.82) is 0 Å². The molecule has 0 radical (unpaired) electrons. The summed E-state index contributed by atoms with van der Waals surface area (Å²) in [5, 5.41) is 0. The molecule has 0 aliphatic rings. The van der Waals surface area contributed by atoms with Crippen molar-refractivity contribution in [3.63, 3.8) is 0 Å². The summed E-state index contributed by atoms with van der Waals surface area (Å²) in [7, 11) is 0. The highest BCUT2D eigenvalue weighted by Gasteiger charge is 2.12. The number of hydrogen-bond acceptors (Lipinski definition) is 3. The van der Waals surface area contributed by atoms with Crippen LogP contribution in [-0.2, 0) is 13.0 Å². The van der Waals surface area contributed by atoms with Gasteiger partial charge in [0.1, 0.15) is 0 Å². The summed E-state index contributed by atoms with van der Waals surface area (Å²) < 4.78 is 2.84. The second-order valence-corrected chi connectivity index (χ2v) is 5.41. The predicted octanol–water partition coefficient (Wildman–Crippen LogP) is 1.90. The first-order valence-corrected chi connectivity index (χ1v) is 6.73. The molecule has 96 valence electrons. The highest BCUT2D eigenvalue weighted by molar-refractivity contribution is 7.03. The van der Waals surface area contributed by atoms with Gasteiger partial charge in [0.05, 0.1) is 0 Å². The quantitative estimate of drug-likeness (QED) is 0.846. The van der Waals surface area contributed by atoms with Crippen molar-refractivity contribution in [3.05, 3.63) is 56.0 Å². The summed E-state index contributed by atoms with van der Waals surface area (Å²) in [6.45, 7) is 4.25. The topological polar surface area (TPSA) is 44.0 Å². The molecule has 0 fully saturated rings. The molecular weight excluding hydrogens is 248 g/mol. The zero-order valence-corrected chi connectivity index (χ0v) is 11.3. The molecule has 0 saturated carbocycles. The Kier molecular flexibility index (Phi) is 3.81. The minimum Gasteiger partial charge on any atom is -0.255 e. The maximum atomic E-state index is 12.0. The Hall–Kier alpha value is -1.62. The fraction of sp³-hybridized carbons (Fsp3) is 0.385. The number of rotatable bonds is 4. The second kappa shape index (κ2) is 5.35. The highest BCUT2D eigenvalue weighted by atomic mass is 32.1. The fourth-order valence-corrected chi connectivity index (χ4v) is 2.74. The van der Waals surface area contributed by atoms with E-state index in [1.807, 2.05) is 44.2 Å². The first-order chi connectivity index (χ1) is 8.59. The molecule has 2 rings (SSSR count). The van der Waals surface area contributed by atoms with E-state index in [0.29, 0.717) is 6.54 Å². The molecule has 0 amide bonds. The van der Waals surface area contributed by atoms with E-state index in [9.17, 15) is 9.59 Å². The van der Waals surface area contributed by atoms with Crippen LogP contribution in [-0.4, -0.2) is 8.52 Å². The zero-order chi connectivity index (χ0) is 13.1. The molecule has 0 N–H and O–H groups in total. The Morgan fingerprint density at radius 2 is 1.83 bits per heavy atom. The Bertz CT molecular complexity index is 622. The van der Waals surface area contributed by atoms with Crippen LogP contribution in [0.25, 0.3) is 0 Å². The average Bonchev–Trinajstić information content (AvgIpc) is 2.63. The van der Waals surface area contributed by atoms with E-state index in [-0.39, 0.29) is 16.6 Å². The molecule has 1 heterocycles. The lowest BCUT2D eigenvalue weighted by atomic mass is 10.2. The first kappa shape index (κ1) is 12.8. The van der Waals surface area contributed by atoms with Gasteiger partial charge >= 0.3 is 10.6 Å². The third-order valence-electron chi connectivity index (χ3n) is 2.77. The number of aryl methyl sites for hydroxylation is 2. The lowest BCUT2D eigenvalue weighted by molar-refractivity contribution is 0.542. The van der Waals surface area contributed by atoms with Crippen molar-refractivity contribution in [2.75, 3.05) is 0 Å². The van der Waals surface area contributed by atoms with Crippen LogP contribution < -0.4 is 10.6 Å². The smallest absolute Gasteiger partial charge is 0.255 e. The molecular formula is C13H16N2O2S. The van der Waals surface area contributed by atoms with E-state index < -0.39 is 0 Å². The van der Waals surface area contributed by atoms with Crippen LogP contribution in [0.4, 0.5) is 0 Å². The summed E-state index contributed by atoms with van der Waals surface area (Å²) in [5.41, 5.74) is 0.970. The first-order valence-electron chi connectivity index (χ1n) is 5.96. The molecule has 0 unspecified atom stereocenters. The summed E-state index contributed by atoms with van der Waals surface area (Å²) in [6, 6.07) is 9.86. The molecule has 0 atom stereocenters. The number of hydrogen-bond donors (Lipinski definition) is 0. The minimum absolute atomic E-state index is 0.0841.